The SMILES string of the molecule is CCCCCCCCNS(=O)(=O)c1ccc(OC)cc1N. The molecule has 0 heterocycles. The van der Waals surface area contributed by atoms with Gasteiger partial charge in [0.25, 0.3) is 0 Å². The van der Waals surface area contributed by atoms with Crippen molar-refractivity contribution in [3.05, 3.63) is 18.2 Å². The normalized spacial score (nSPS) is 11.5. The number of nitrogen functional groups attached to an aromatic ring is 1. The van der Waals surface area contributed by atoms with E-state index in [1.54, 1.807) is 6.07 Å². The number of hydrogen-bond acceptors (Lipinski definition) is 4. The van der Waals surface area contributed by atoms with Gasteiger partial charge in [-0.2, -0.15) is 0 Å². The molecule has 0 bridgehead atoms. The van der Waals surface area contributed by atoms with Crippen LogP contribution in [-0.2, 0) is 10.0 Å². The van der Waals surface area contributed by atoms with E-state index in [1.165, 1.54) is 38.5 Å². The van der Waals surface area contributed by atoms with Crippen molar-refractivity contribution in [2.75, 3.05) is 19.4 Å². The highest BCUT2D eigenvalue weighted by Crippen LogP contribution is 2.23. The average molecular weight is 314 g/mol. The second-order valence-electron chi connectivity index (χ2n) is 5.07. The molecule has 0 amide bonds. The third kappa shape index (κ3) is 5.93. The Morgan fingerprint density at radius 1 is 1.14 bits per heavy atom. The lowest BCUT2D eigenvalue weighted by Gasteiger charge is -2.10. The molecule has 21 heavy (non-hydrogen) atoms. The molecule has 0 radical (unpaired) electrons. The lowest BCUT2D eigenvalue weighted by Crippen LogP contribution is -2.25. The number of methoxy groups -OCH3 is 1. The van der Waals surface area contributed by atoms with Crippen LogP contribution in [0.1, 0.15) is 45.4 Å². The predicted octanol–water partition coefficient (Wildman–Crippen LogP) is 2.92. The summed E-state index contributed by atoms with van der Waals surface area (Å²) < 4.78 is 31.9. The highest BCUT2D eigenvalue weighted by atomic mass is 32.2. The van der Waals surface area contributed by atoms with Gasteiger partial charge in [-0.25, -0.2) is 13.1 Å². The molecule has 0 saturated heterocycles. The van der Waals surface area contributed by atoms with E-state index in [2.05, 4.69) is 11.6 Å². The molecule has 6 heteroatoms. The van der Waals surface area contributed by atoms with Crippen molar-refractivity contribution in [1.82, 2.24) is 4.72 Å². The quantitative estimate of drug-likeness (QED) is 0.514. The lowest BCUT2D eigenvalue weighted by atomic mass is 10.1. The minimum absolute atomic E-state index is 0.106. The zero-order valence-corrected chi connectivity index (χ0v) is 13.7. The number of unbranched alkanes of at least 4 members (excludes halogenated alkanes) is 5. The van der Waals surface area contributed by atoms with E-state index >= 15 is 0 Å². The number of hydrogen-bond donors (Lipinski definition) is 2. The summed E-state index contributed by atoms with van der Waals surface area (Å²) in [6.45, 7) is 2.62. The molecule has 0 aliphatic carbocycles. The first kappa shape index (κ1) is 17.8. The van der Waals surface area contributed by atoms with E-state index in [9.17, 15) is 8.42 Å². The van der Waals surface area contributed by atoms with Gasteiger partial charge in [-0.3, -0.25) is 0 Å². The van der Waals surface area contributed by atoms with Gasteiger partial charge < -0.3 is 10.5 Å². The van der Waals surface area contributed by atoms with Crippen LogP contribution in [0.25, 0.3) is 0 Å². The van der Waals surface area contributed by atoms with E-state index in [4.69, 9.17) is 10.5 Å². The number of nitrogens with one attached hydrogen (secondary N) is 1. The highest BCUT2D eigenvalue weighted by Gasteiger charge is 2.17. The monoisotopic (exact) mass is 314 g/mol. The second-order valence-corrected chi connectivity index (χ2v) is 6.80. The van der Waals surface area contributed by atoms with Crippen molar-refractivity contribution in [3.63, 3.8) is 0 Å². The first-order valence-corrected chi connectivity index (χ1v) is 8.92. The molecule has 0 atom stereocenters. The van der Waals surface area contributed by atoms with Crippen LogP contribution in [0.4, 0.5) is 5.69 Å². The molecular formula is C15H26N2O3S. The summed E-state index contributed by atoms with van der Waals surface area (Å²) in [6, 6.07) is 4.58. The van der Waals surface area contributed by atoms with Crippen molar-refractivity contribution in [3.8, 4) is 5.75 Å². The molecular weight excluding hydrogens is 288 g/mol. The van der Waals surface area contributed by atoms with Gasteiger partial charge in [0.05, 0.1) is 12.8 Å². The van der Waals surface area contributed by atoms with E-state index in [-0.39, 0.29) is 10.6 Å². The van der Waals surface area contributed by atoms with E-state index in [1.807, 2.05) is 0 Å². The van der Waals surface area contributed by atoms with Crippen molar-refractivity contribution in [2.24, 2.45) is 0 Å². The Morgan fingerprint density at radius 3 is 2.43 bits per heavy atom. The van der Waals surface area contributed by atoms with Gasteiger partial charge in [0, 0.05) is 12.6 Å². The van der Waals surface area contributed by atoms with Crippen LogP contribution in [0.3, 0.4) is 0 Å². The number of rotatable bonds is 10. The molecule has 0 aliphatic rings. The van der Waals surface area contributed by atoms with Gasteiger partial charge in [-0.05, 0) is 18.6 Å². The molecule has 0 aliphatic heterocycles. The fourth-order valence-corrected chi connectivity index (χ4v) is 3.27. The molecule has 0 unspecified atom stereocenters. The molecule has 3 N–H and O–H groups in total. The third-order valence-corrected chi connectivity index (χ3v) is 4.86. The van der Waals surface area contributed by atoms with Crippen molar-refractivity contribution < 1.29 is 13.2 Å². The summed E-state index contributed by atoms with van der Waals surface area (Å²) in [5.41, 5.74) is 5.97. The maximum atomic E-state index is 12.2. The number of anilines is 1. The maximum Gasteiger partial charge on any atom is 0.242 e. The number of ether oxygens (including phenoxy) is 1. The highest BCUT2D eigenvalue weighted by molar-refractivity contribution is 7.89. The van der Waals surface area contributed by atoms with E-state index in [0.717, 1.165) is 19.3 Å². The van der Waals surface area contributed by atoms with Gasteiger partial charge in [-0.15, -0.1) is 0 Å². The summed E-state index contributed by atoms with van der Waals surface area (Å²) in [5.74, 6) is 0.544. The van der Waals surface area contributed by atoms with Gasteiger partial charge in [0.15, 0.2) is 0 Å². The summed E-state index contributed by atoms with van der Waals surface area (Å²) in [4.78, 5) is 0.106. The van der Waals surface area contributed by atoms with Crippen LogP contribution in [0.5, 0.6) is 5.75 Å². The average Bonchev–Trinajstić information content (AvgIpc) is 2.45. The maximum absolute atomic E-state index is 12.2. The Balaban J connectivity index is 2.46. The predicted molar refractivity (Wildman–Crippen MR) is 86.0 cm³/mol. The Bertz CT molecular complexity index is 530. The van der Waals surface area contributed by atoms with E-state index < -0.39 is 10.0 Å². The van der Waals surface area contributed by atoms with Crippen molar-refractivity contribution >= 4 is 15.7 Å². The smallest absolute Gasteiger partial charge is 0.242 e. The summed E-state index contributed by atoms with van der Waals surface area (Å²) in [6.07, 6.45) is 6.71. The topological polar surface area (TPSA) is 81.4 Å². The van der Waals surface area contributed by atoms with E-state index in [0.29, 0.717) is 12.3 Å². The summed E-state index contributed by atoms with van der Waals surface area (Å²) >= 11 is 0. The zero-order chi connectivity index (χ0) is 15.7. The molecule has 0 aromatic heterocycles. The fourth-order valence-electron chi connectivity index (χ4n) is 2.09. The molecule has 0 fully saturated rings. The minimum atomic E-state index is -3.54. The molecule has 0 saturated carbocycles. The molecule has 120 valence electrons. The van der Waals surface area contributed by atoms with Crippen LogP contribution in [0, 0.1) is 0 Å². The molecule has 5 nitrogen and oxygen atoms in total. The Kier molecular flexibility index (Phi) is 7.53. The fraction of sp³-hybridized carbons (Fsp3) is 0.600. The van der Waals surface area contributed by atoms with Crippen LogP contribution in [0.2, 0.25) is 0 Å². The molecule has 1 aromatic carbocycles. The standard InChI is InChI=1S/C15H26N2O3S/c1-3-4-5-6-7-8-11-17-21(18,19)15-10-9-13(20-2)12-14(15)16/h9-10,12,17H,3-8,11,16H2,1-2H3. The van der Waals surface area contributed by atoms with Crippen LogP contribution >= 0.6 is 0 Å². The van der Waals surface area contributed by atoms with Gasteiger partial charge in [0.2, 0.25) is 10.0 Å². The first-order valence-electron chi connectivity index (χ1n) is 7.44. The Hall–Kier alpha value is -1.27. The largest absolute Gasteiger partial charge is 0.497 e. The van der Waals surface area contributed by atoms with Crippen molar-refractivity contribution in [1.29, 1.82) is 0 Å². The van der Waals surface area contributed by atoms with Crippen LogP contribution in [0.15, 0.2) is 23.1 Å². The minimum Gasteiger partial charge on any atom is -0.497 e. The van der Waals surface area contributed by atoms with Crippen LogP contribution in [-0.4, -0.2) is 22.1 Å². The van der Waals surface area contributed by atoms with Gasteiger partial charge in [-0.1, -0.05) is 39.0 Å². The number of sulfonamides is 1. The first-order chi connectivity index (χ1) is 10.0. The summed E-state index contributed by atoms with van der Waals surface area (Å²) in [7, 11) is -2.03. The zero-order valence-electron chi connectivity index (χ0n) is 12.9. The Labute approximate surface area is 127 Å². The second kappa shape index (κ2) is 8.89. The molecule has 1 aromatic rings. The van der Waals surface area contributed by atoms with Crippen LogP contribution < -0.4 is 15.2 Å². The summed E-state index contributed by atoms with van der Waals surface area (Å²) in [5, 5.41) is 0. The third-order valence-electron chi connectivity index (χ3n) is 3.33. The number of benzene rings is 1. The number of nitrogens with two attached hydrogens (primary N) is 1. The van der Waals surface area contributed by atoms with Gasteiger partial charge >= 0.3 is 0 Å². The van der Waals surface area contributed by atoms with Crippen molar-refractivity contribution in [2.45, 2.75) is 50.3 Å². The molecule has 1 rings (SSSR count). The Morgan fingerprint density at radius 2 is 1.81 bits per heavy atom. The van der Waals surface area contributed by atoms with Gasteiger partial charge in [0.1, 0.15) is 10.6 Å². The lowest BCUT2D eigenvalue weighted by molar-refractivity contribution is 0.414. The molecule has 0 spiro atoms.